The van der Waals surface area contributed by atoms with Gasteiger partial charge in [0, 0.05) is 7.74 Å². The fraction of sp³-hybridized carbons (Fsp3) is 0.500. The van der Waals surface area contributed by atoms with E-state index in [9.17, 15) is 0 Å². The second kappa shape index (κ2) is 2.90. The van der Waals surface area contributed by atoms with Crippen molar-refractivity contribution in [1.82, 2.24) is 0 Å². The molecule has 2 radical (unpaired) electrons. The van der Waals surface area contributed by atoms with Crippen LogP contribution in [0, 0.1) is 12.2 Å². The van der Waals surface area contributed by atoms with Gasteiger partial charge >= 0.3 is 0 Å². The highest BCUT2D eigenvalue weighted by atomic mass is 13.4. The molecule has 0 atom stereocenters. The molecule has 0 aromatic rings. The average molecular weight is 75.7 g/mol. The maximum Gasteiger partial charge on any atom is 0.179 e. The van der Waals surface area contributed by atoms with Crippen molar-refractivity contribution >= 4 is 14.3 Å². The van der Waals surface area contributed by atoms with E-state index in [4.69, 9.17) is 14.2 Å². The first-order valence-corrected chi connectivity index (χ1v) is 2.03. The third kappa shape index (κ3) is 1.96. The van der Waals surface area contributed by atoms with Gasteiger partial charge in [-0.2, -0.15) is 5.82 Å². The molecule has 0 heterocycles. The molecule has 0 saturated heterocycles. The fourth-order valence-corrected chi connectivity index (χ4v) is 0.118. The van der Waals surface area contributed by atoms with Crippen LogP contribution >= 0.6 is 0 Å². The van der Waals surface area contributed by atoms with Crippen molar-refractivity contribution in [3.05, 3.63) is 0 Å². The summed E-state index contributed by atoms with van der Waals surface area (Å²) in [6.07, 6.45) is 5.78. The molecule has 0 bridgehead atoms. The number of rotatable bonds is 1. The summed E-state index contributed by atoms with van der Waals surface area (Å²) in [5.74, 6) is 2.39. The van der Waals surface area contributed by atoms with Crippen LogP contribution in [0.4, 0.5) is 0 Å². The number of hydrogen-bond acceptors (Lipinski definition) is 0. The fourth-order valence-electron chi connectivity index (χ4n) is 0.118. The predicted molar refractivity (Wildman–Crippen MR) is 30.8 cm³/mol. The zero-order valence-electron chi connectivity index (χ0n) is 3.94. The van der Waals surface area contributed by atoms with E-state index in [0.29, 0.717) is 0 Å². The number of terminal acetylenes is 1. The largest absolute Gasteiger partial charge is 0.179 e. The molecule has 0 aliphatic rings. The van der Waals surface area contributed by atoms with Gasteiger partial charge < -0.3 is 0 Å². The molecule has 0 aliphatic carbocycles. The summed E-state index contributed by atoms with van der Waals surface area (Å²) in [5.41, 5.74) is 0. The van der Waals surface area contributed by atoms with E-state index in [0.717, 1.165) is 6.32 Å². The van der Waals surface area contributed by atoms with Gasteiger partial charge in [0.25, 0.3) is 0 Å². The summed E-state index contributed by atoms with van der Waals surface area (Å²) in [6, 6.07) is 0. The Hall–Kier alpha value is -0.310. The van der Waals surface area contributed by atoms with Crippen LogP contribution in [0.15, 0.2) is 0 Å². The topological polar surface area (TPSA) is 0 Å². The van der Waals surface area contributed by atoms with Gasteiger partial charge in [-0.25, -0.2) is 0 Å². The molecule has 2 heteroatoms. The molecular formula is C4H6B2. The maximum absolute atomic E-state index is 5.24. The zero-order chi connectivity index (χ0) is 4.99. The van der Waals surface area contributed by atoms with Crippen LogP contribution in [0.1, 0.15) is 6.92 Å². The lowest BCUT2D eigenvalue weighted by atomic mass is 9.32. The summed E-state index contributed by atoms with van der Waals surface area (Å²) in [4.78, 5) is 0. The van der Waals surface area contributed by atoms with Crippen molar-refractivity contribution in [1.29, 1.82) is 0 Å². The second-order valence-corrected chi connectivity index (χ2v) is 1.18. The Morgan fingerprint density at radius 2 is 2.50 bits per heavy atom. The van der Waals surface area contributed by atoms with Gasteiger partial charge in [0.2, 0.25) is 0 Å². The molecule has 28 valence electrons. The summed E-state index contributed by atoms with van der Waals surface area (Å²) in [6.45, 7) is 1.93. The van der Waals surface area contributed by atoms with E-state index in [1.165, 1.54) is 0 Å². The minimum absolute atomic E-state index is 0.0370. The molecule has 0 fully saturated rings. The Morgan fingerprint density at radius 3 is 2.50 bits per heavy atom. The first-order chi connectivity index (χ1) is 2.81. The van der Waals surface area contributed by atoms with E-state index in [2.05, 4.69) is 5.82 Å². The lowest BCUT2D eigenvalue weighted by Gasteiger charge is -1.85. The molecule has 0 aromatic carbocycles. The Kier molecular flexibility index (Phi) is 2.75. The Balaban J connectivity index is 3.04. The first-order valence-electron chi connectivity index (χ1n) is 2.03. The maximum atomic E-state index is 5.24. The van der Waals surface area contributed by atoms with Crippen LogP contribution in [0.25, 0.3) is 0 Å². The van der Waals surface area contributed by atoms with E-state index in [-0.39, 0.29) is 6.60 Å². The predicted octanol–water partition coefficient (Wildman–Crippen LogP) is 0.339. The van der Waals surface area contributed by atoms with E-state index in [1.54, 1.807) is 0 Å². The molecule has 0 aromatic heterocycles. The highest BCUT2D eigenvalue weighted by Crippen LogP contribution is 1.78. The minimum atomic E-state index is -0.0370. The summed E-state index contributed by atoms with van der Waals surface area (Å²) >= 11 is 0. The van der Waals surface area contributed by atoms with Gasteiger partial charge in [0.1, 0.15) is 0 Å². The molecule has 0 unspecified atom stereocenters. The van der Waals surface area contributed by atoms with Gasteiger partial charge in [-0.1, -0.05) is 13.2 Å². The van der Waals surface area contributed by atoms with Crippen LogP contribution < -0.4 is 0 Å². The average Bonchev–Trinajstić information content (AvgIpc) is 1.65. The molecule has 6 heavy (non-hydrogen) atoms. The standard InChI is InChI=1S/C4H6B2/c1-3-6(5)4-2/h1H,4H2,2H3. The van der Waals surface area contributed by atoms with E-state index >= 15 is 0 Å². The number of hydrogen-bond donors (Lipinski definition) is 0. The molecule has 0 spiro atoms. The molecule has 0 N–H and O–H groups in total. The third-order valence-electron chi connectivity index (χ3n) is 0.654. The monoisotopic (exact) mass is 76.1 g/mol. The normalized spacial score (nSPS) is 6.67. The first kappa shape index (κ1) is 5.69. The molecule has 0 rings (SSSR count). The van der Waals surface area contributed by atoms with Crippen molar-refractivity contribution in [2.45, 2.75) is 13.2 Å². The zero-order valence-corrected chi connectivity index (χ0v) is 3.94. The minimum Gasteiger partial charge on any atom is -0.170 e. The molecule has 0 nitrogen and oxygen atoms in total. The Morgan fingerprint density at radius 1 is 2.00 bits per heavy atom. The van der Waals surface area contributed by atoms with Gasteiger partial charge in [0.05, 0.1) is 0 Å². The van der Waals surface area contributed by atoms with Crippen LogP contribution in [0.2, 0.25) is 6.32 Å². The van der Waals surface area contributed by atoms with Crippen molar-refractivity contribution in [3.63, 3.8) is 0 Å². The lowest BCUT2D eigenvalue weighted by molar-refractivity contribution is 1.46. The highest BCUT2D eigenvalue weighted by molar-refractivity contribution is 7.08. The van der Waals surface area contributed by atoms with E-state index < -0.39 is 0 Å². The second-order valence-electron chi connectivity index (χ2n) is 1.18. The Bertz CT molecular complexity index is 62.4. The van der Waals surface area contributed by atoms with Crippen molar-refractivity contribution in [3.8, 4) is 12.2 Å². The van der Waals surface area contributed by atoms with Crippen LogP contribution in [0.3, 0.4) is 0 Å². The van der Waals surface area contributed by atoms with Gasteiger partial charge in [0.15, 0.2) is 6.60 Å². The smallest absolute Gasteiger partial charge is 0.170 e. The van der Waals surface area contributed by atoms with Crippen LogP contribution in [0.5, 0.6) is 0 Å². The third-order valence-corrected chi connectivity index (χ3v) is 0.654. The van der Waals surface area contributed by atoms with Gasteiger partial charge in [-0.15, -0.1) is 6.42 Å². The highest BCUT2D eigenvalue weighted by Gasteiger charge is 1.91. The summed E-state index contributed by atoms with van der Waals surface area (Å²) < 4.78 is 0. The van der Waals surface area contributed by atoms with Crippen molar-refractivity contribution in [2.75, 3.05) is 0 Å². The Labute approximate surface area is 40.8 Å². The van der Waals surface area contributed by atoms with Crippen LogP contribution in [-0.2, 0) is 0 Å². The van der Waals surface area contributed by atoms with Crippen molar-refractivity contribution < 1.29 is 0 Å². The quantitative estimate of drug-likeness (QED) is 0.312. The summed E-state index contributed by atoms with van der Waals surface area (Å²) in [7, 11) is 5.24. The van der Waals surface area contributed by atoms with Crippen molar-refractivity contribution in [2.24, 2.45) is 0 Å². The SMILES string of the molecule is [B]B(C#C)CC. The van der Waals surface area contributed by atoms with Gasteiger partial charge in [-0.05, 0) is 0 Å². The molecule has 0 saturated carbocycles. The summed E-state index contributed by atoms with van der Waals surface area (Å²) in [5, 5.41) is 0. The van der Waals surface area contributed by atoms with E-state index in [1.807, 2.05) is 6.92 Å². The lowest BCUT2D eigenvalue weighted by Crippen LogP contribution is -2.06. The molecule has 0 amide bonds. The van der Waals surface area contributed by atoms with Gasteiger partial charge in [-0.3, -0.25) is 0 Å². The van der Waals surface area contributed by atoms with Crippen LogP contribution in [-0.4, -0.2) is 14.3 Å². The molecular weight excluding hydrogens is 69.7 g/mol. The molecule has 0 aliphatic heterocycles.